The van der Waals surface area contributed by atoms with E-state index in [4.69, 9.17) is 4.74 Å². The topological polar surface area (TPSA) is 108 Å². The molecule has 11 heteroatoms. The van der Waals surface area contributed by atoms with Crippen LogP contribution in [0.25, 0.3) is 10.4 Å². The van der Waals surface area contributed by atoms with E-state index in [1.165, 1.54) is 11.3 Å². The number of ether oxygens (including phenoxy) is 1. The van der Waals surface area contributed by atoms with Crippen molar-refractivity contribution >= 4 is 50.1 Å². The van der Waals surface area contributed by atoms with Crippen molar-refractivity contribution in [3.05, 3.63) is 100 Å². The zero-order valence-electron chi connectivity index (χ0n) is 25.1. The number of carbonyl (C=O) groups is 2. The second kappa shape index (κ2) is 13.5. The number of carbonyl (C=O) groups excluding carboxylic acids is 2. The molecule has 2 saturated heterocycles. The van der Waals surface area contributed by atoms with Gasteiger partial charge in [-0.15, -0.1) is 11.3 Å². The fraction of sp³-hybridized carbons (Fsp3) is 0.294. The van der Waals surface area contributed by atoms with Gasteiger partial charge in [0.2, 0.25) is 0 Å². The fourth-order valence-electron chi connectivity index (χ4n) is 5.47. The number of amides is 2. The SMILES string of the molecule is Cc1ccc(C(=O)Nc2ccc(N3CCOCC3)cc2)cc1-c1ccc(C(=O)Nc2ccc(CN3CCS(=O)(=O)CC3)cc2)s1. The van der Waals surface area contributed by atoms with Gasteiger partial charge >= 0.3 is 0 Å². The van der Waals surface area contributed by atoms with E-state index in [0.717, 1.165) is 59.2 Å². The predicted octanol–water partition coefficient (Wildman–Crippen LogP) is 5.30. The lowest BCUT2D eigenvalue weighted by Gasteiger charge is -2.28. The van der Waals surface area contributed by atoms with Crippen molar-refractivity contribution in [1.29, 1.82) is 0 Å². The van der Waals surface area contributed by atoms with Gasteiger partial charge in [0.1, 0.15) is 0 Å². The van der Waals surface area contributed by atoms with Crippen molar-refractivity contribution in [2.24, 2.45) is 0 Å². The number of hydrogen-bond acceptors (Lipinski definition) is 8. The Morgan fingerprint density at radius 2 is 1.44 bits per heavy atom. The Labute approximate surface area is 267 Å². The molecule has 9 nitrogen and oxygen atoms in total. The van der Waals surface area contributed by atoms with Crippen LogP contribution in [0.1, 0.15) is 31.2 Å². The molecule has 2 amide bonds. The van der Waals surface area contributed by atoms with Crippen molar-refractivity contribution in [1.82, 2.24) is 4.90 Å². The van der Waals surface area contributed by atoms with E-state index in [0.29, 0.717) is 35.8 Å². The third kappa shape index (κ3) is 7.80. The molecule has 6 rings (SSSR count). The van der Waals surface area contributed by atoms with Crippen molar-refractivity contribution in [2.75, 3.05) is 66.4 Å². The highest BCUT2D eigenvalue weighted by atomic mass is 32.2. The first-order chi connectivity index (χ1) is 21.7. The number of sulfone groups is 1. The first-order valence-electron chi connectivity index (χ1n) is 15.0. The van der Waals surface area contributed by atoms with Gasteiger partial charge in [0.15, 0.2) is 9.84 Å². The van der Waals surface area contributed by atoms with Crippen LogP contribution in [0.4, 0.5) is 17.1 Å². The molecule has 3 heterocycles. The molecule has 0 saturated carbocycles. The minimum absolute atomic E-state index is 0.196. The van der Waals surface area contributed by atoms with Crippen molar-refractivity contribution in [2.45, 2.75) is 13.5 Å². The number of aryl methyl sites for hydroxylation is 1. The molecule has 4 aromatic rings. The van der Waals surface area contributed by atoms with Crippen LogP contribution in [0.3, 0.4) is 0 Å². The summed E-state index contributed by atoms with van der Waals surface area (Å²) in [5.41, 5.74) is 6.05. The van der Waals surface area contributed by atoms with E-state index in [2.05, 4.69) is 20.4 Å². The largest absolute Gasteiger partial charge is 0.378 e. The van der Waals surface area contributed by atoms with Gasteiger partial charge in [0, 0.05) is 60.2 Å². The van der Waals surface area contributed by atoms with Crippen LogP contribution in [0, 0.1) is 6.92 Å². The molecule has 2 aliphatic heterocycles. The van der Waals surface area contributed by atoms with Gasteiger partial charge in [-0.2, -0.15) is 0 Å². The summed E-state index contributed by atoms with van der Waals surface area (Å²) in [6.45, 7) is 6.90. The van der Waals surface area contributed by atoms with Gasteiger partial charge in [-0.1, -0.05) is 18.2 Å². The average Bonchev–Trinajstić information content (AvgIpc) is 3.54. The number of rotatable bonds is 8. The smallest absolute Gasteiger partial charge is 0.265 e. The first kappa shape index (κ1) is 31.0. The second-order valence-corrected chi connectivity index (χ2v) is 14.8. The van der Waals surface area contributed by atoms with Gasteiger partial charge in [-0.05, 0) is 84.3 Å². The van der Waals surface area contributed by atoms with E-state index in [9.17, 15) is 18.0 Å². The lowest BCUT2D eigenvalue weighted by Crippen LogP contribution is -2.39. The summed E-state index contributed by atoms with van der Waals surface area (Å²) in [5.74, 6) is 0.00237. The van der Waals surface area contributed by atoms with Gasteiger partial charge < -0.3 is 20.3 Å². The standard InChI is InChI=1S/C34H36N4O5S2/c1-24-2-5-26(33(39)35-28-8-10-29(11-9-28)38-14-18-43-19-15-38)22-30(24)31-12-13-32(44-31)34(40)36-27-6-3-25(4-7-27)23-37-16-20-45(41,42)21-17-37/h2-13,22H,14-21,23H2,1H3,(H,35,39)(H,36,40). The number of hydrogen-bond donors (Lipinski definition) is 2. The number of anilines is 3. The highest BCUT2D eigenvalue weighted by Gasteiger charge is 2.21. The van der Waals surface area contributed by atoms with Crippen molar-refractivity contribution < 1.29 is 22.7 Å². The van der Waals surface area contributed by atoms with E-state index in [1.807, 2.05) is 79.7 Å². The lowest BCUT2D eigenvalue weighted by atomic mass is 10.0. The van der Waals surface area contributed by atoms with E-state index in [-0.39, 0.29) is 23.3 Å². The van der Waals surface area contributed by atoms with Crippen LogP contribution in [0.2, 0.25) is 0 Å². The summed E-state index contributed by atoms with van der Waals surface area (Å²) in [7, 11) is -2.91. The van der Waals surface area contributed by atoms with Crippen LogP contribution in [-0.2, 0) is 21.1 Å². The maximum absolute atomic E-state index is 13.1. The molecule has 0 radical (unpaired) electrons. The number of thiophene rings is 1. The van der Waals surface area contributed by atoms with Crippen molar-refractivity contribution in [3.63, 3.8) is 0 Å². The molecule has 234 valence electrons. The number of nitrogens with zero attached hydrogens (tertiary/aromatic N) is 2. The van der Waals surface area contributed by atoms with Gasteiger partial charge in [0.05, 0.1) is 29.6 Å². The third-order valence-electron chi connectivity index (χ3n) is 8.15. The quantitative estimate of drug-likeness (QED) is 0.268. The molecule has 2 N–H and O–H groups in total. The number of morpholine rings is 1. The maximum Gasteiger partial charge on any atom is 0.265 e. The van der Waals surface area contributed by atoms with Crippen LogP contribution < -0.4 is 15.5 Å². The Morgan fingerprint density at radius 3 is 2.13 bits per heavy atom. The minimum atomic E-state index is -2.91. The van der Waals surface area contributed by atoms with Crippen LogP contribution in [0.15, 0.2) is 78.9 Å². The van der Waals surface area contributed by atoms with E-state index < -0.39 is 9.84 Å². The Kier molecular flexibility index (Phi) is 9.32. The fourth-order valence-corrected chi connectivity index (χ4v) is 7.73. The number of benzene rings is 3. The van der Waals surface area contributed by atoms with E-state index in [1.54, 1.807) is 6.07 Å². The third-order valence-corrected chi connectivity index (χ3v) is 10.9. The van der Waals surface area contributed by atoms with Crippen LogP contribution >= 0.6 is 11.3 Å². The highest BCUT2D eigenvalue weighted by Crippen LogP contribution is 2.32. The predicted molar refractivity (Wildman–Crippen MR) is 180 cm³/mol. The van der Waals surface area contributed by atoms with Gasteiger partial charge in [-0.3, -0.25) is 14.5 Å². The normalized spacial score (nSPS) is 16.7. The zero-order valence-corrected chi connectivity index (χ0v) is 26.8. The van der Waals surface area contributed by atoms with Crippen molar-refractivity contribution in [3.8, 4) is 10.4 Å². The highest BCUT2D eigenvalue weighted by molar-refractivity contribution is 7.91. The second-order valence-electron chi connectivity index (χ2n) is 11.4. The molecule has 0 unspecified atom stereocenters. The Hall–Kier alpha value is -4.03. The molecule has 0 atom stereocenters. The molecule has 0 aliphatic carbocycles. The lowest BCUT2D eigenvalue weighted by molar-refractivity contribution is 0.102. The summed E-state index contributed by atoms with van der Waals surface area (Å²) < 4.78 is 28.8. The summed E-state index contributed by atoms with van der Waals surface area (Å²) in [6.07, 6.45) is 0. The summed E-state index contributed by atoms with van der Waals surface area (Å²) in [5, 5.41) is 5.96. The average molecular weight is 645 g/mol. The maximum atomic E-state index is 13.1. The molecule has 2 aliphatic rings. The Balaban J connectivity index is 1.07. The summed E-state index contributed by atoms with van der Waals surface area (Å²) in [4.78, 5) is 32.1. The molecule has 2 fully saturated rings. The molecular weight excluding hydrogens is 609 g/mol. The molecule has 0 spiro atoms. The van der Waals surface area contributed by atoms with Crippen LogP contribution in [0.5, 0.6) is 0 Å². The molecule has 3 aromatic carbocycles. The van der Waals surface area contributed by atoms with Gasteiger partial charge in [-0.25, -0.2) is 8.42 Å². The monoisotopic (exact) mass is 644 g/mol. The Bertz CT molecular complexity index is 1770. The summed E-state index contributed by atoms with van der Waals surface area (Å²) >= 11 is 1.38. The molecule has 0 bridgehead atoms. The first-order valence-corrected chi connectivity index (χ1v) is 17.6. The number of nitrogens with one attached hydrogen (secondary N) is 2. The van der Waals surface area contributed by atoms with E-state index >= 15 is 0 Å². The van der Waals surface area contributed by atoms with Gasteiger partial charge in [0.25, 0.3) is 11.8 Å². The zero-order chi connectivity index (χ0) is 31.4. The molecule has 1 aromatic heterocycles. The summed E-state index contributed by atoms with van der Waals surface area (Å²) in [6, 6.07) is 24.8. The van der Waals surface area contributed by atoms with Crippen LogP contribution in [-0.4, -0.2) is 76.0 Å². The Morgan fingerprint density at radius 1 is 0.800 bits per heavy atom. The molecule has 45 heavy (non-hydrogen) atoms. The molecular formula is C34H36N4O5S2. The minimum Gasteiger partial charge on any atom is -0.378 e.